The molecule has 0 aliphatic carbocycles. The lowest BCUT2D eigenvalue weighted by Gasteiger charge is -2.48. The molecule has 4 aliphatic heterocycles. The fourth-order valence-corrected chi connectivity index (χ4v) is 6.69. The van der Waals surface area contributed by atoms with Gasteiger partial charge in [0.15, 0.2) is 25.2 Å². The van der Waals surface area contributed by atoms with Gasteiger partial charge in [0.25, 0.3) is 0 Å². The Labute approximate surface area is 311 Å². The fraction of sp³-hybridized carbons (Fsp3) is 0.929. The molecule has 14 N–H and O–H groups in total. The first-order valence-corrected chi connectivity index (χ1v) is 18.1. The Balaban J connectivity index is 1.58. The highest BCUT2D eigenvalue weighted by Gasteiger charge is 2.54. The molecule has 26 nitrogen and oxygen atoms in total. The number of ether oxygens (including phenoxy) is 7. The monoisotopic (exact) mass is 828 g/mol. The van der Waals surface area contributed by atoms with Gasteiger partial charge < -0.3 is 100.0 Å². The Kier molecular flexibility index (Phi) is 16.0. The van der Waals surface area contributed by atoms with Crippen LogP contribution in [0.3, 0.4) is 0 Å². The van der Waals surface area contributed by atoms with Gasteiger partial charge in [0.05, 0.1) is 26.4 Å². The minimum Gasteiger partial charge on any atom is -0.394 e. The van der Waals surface area contributed by atoms with Gasteiger partial charge in [-0.05, 0) is 0 Å². The Morgan fingerprint density at radius 2 is 1.04 bits per heavy atom. The molecule has 55 heavy (non-hydrogen) atoms. The van der Waals surface area contributed by atoms with Crippen LogP contribution in [-0.2, 0) is 57.3 Å². The SMILES string of the molecule is CC(=O)N[C@@H]1[C@@H](OC2O[C@H](CO)[C@H](O)[C@H](O)[C@H]2O)[C@@H](O)[C@@H](COC2O[C@H](COS(=O)(=O)O)[C@@H](OC3O[C@H](CO)[C@H](O)[C@H](O)[C@H]3O)[C@H](O)[C@H]2NC(C)=O)O[C@H]1O. The quantitative estimate of drug-likeness (QED) is 0.0723. The molecule has 4 saturated heterocycles. The number of nitrogens with one attached hydrogen (secondary N) is 2. The van der Waals surface area contributed by atoms with Gasteiger partial charge in [0.1, 0.15) is 97.5 Å². The highest BCUT2D eigenvalue weighted by atomic mass is 32.3. The normalized spacial score (nSPS) is 45.5. The number of carbonyl (C=O) groups is 2. The van der Waals surface area contributed by atoms with Crippen molar-refractivity contribution in [3.63, 3.8) is 0 Å². The van der Waals surface area contributed by atoms with Crippen LogP contribution < -0.4 is 10.6 Å². The molecule has 320 valence electrons. The first-order chi connectivity index (χ1) is 25.7. The third-order valence-corrected chi connectivity index (χ3v) is 9.63. The summed E-state index contributed by atoms with van der Waals surface area (Å²) in [5.41, 5.74) is 0. The highest BCUT2D eigenvalue weighted by Crippen LogP contribution is 2.32. The summed E-state index contributed by atoms with van der Waals surface area (Å²) < 4.78 is 75.4. The van der Waals surface area contributed by atoms with Crippen molar-refractivity contribution >= 4 is 22.2 Å². The zero-order chi connectivity index (χ0) is 41.1. The first kappa shape index (κ1) is 45.8. The van der Waals surface area contributed by atoms with E-state index in [4.69, 9.17) is 33.2 Å². The van der Waals surface area contributed by atoms with Crippen LogP contribution in [0, 0.1) is 0 Å². The first-order valence-electron chi connectivity index (χ1n) is 16.7. The van der Waals surface area contributed by atoms with Gasteiger partial charge >= 0.3 is 10.4 Å². The topological polar surface area (TPSA) is 409 Å². The summed E-state index contributed by atoms with van der Waals surface area (Å²) in [6.45, 7) is -1.64. The Bertz CT molecular complexity index is 1380. The van der Waals surface area contributed by atoms with E-state index in [-0.39, 0.29) is 0 Å². The molecule has 0 aromatic rings. The number of hydrogen-bond acceptors (Lipinski definition) is 23. The average Bonchev–Trinajstić information content (AvgIpc) is 3.11. The molecule has 0 bridgehead atoms. The van der Waals surface area contributed by atoms with E-state index in [1.54, 1.807) is 0 Å². The van der Waals surface area contributed by atoms with Gasteiger partial charge in [-0.1, -0.05) is 0 Å². The van der Waals surface area contributed by atoms with E-state index in [0.29, 0.717) is 0 Å². The molecule has 0 spiro atoms. The van der Waals surface area contributed by atoms with E-state index >= 15 is 0 Å². The predicted octanol–water partition coefficient (Wildman–Crippen LogP) is -9.63. The van der Waals surface area contributed by atoms with Crippen LogP contribution in [0.4, 0.5) is 0 Å². The van der Waals surface area contributed by atoms with Crippen molar-refractivity contribution in [2.45, 2.75) is 137 Å². The lowest BCUT2D eigenvalue weighted by atomic mass is 9.94. The molecule has 27 heteroatoms. The Morgan fingerprint density at radius 1 is 0.564 bits per heavy atom. The van der Waals surface area contributed by atoms with Crippen molar-refractivity contribution < 1.29 is 116 Å². The van der Waals surface area contributed by atoms with E-state index in [1.807, 2.05) is 0 Å². The van der Waals surface area contributed by atoms with Gasteiger partial charge in [-0.3, -0.25) is 14.1 Å². The molecular weight excluding hydrogens is 780 g/mol. The third-order valence-electron chi connectivity index (χ3n) is 9.19. The van der Waals surface area contributed by atoms with Crippen LogP contribution in [0.2, 0.25) is 0 Å². The van der Waals surface area contributed by atoms with E-state index in [0.717, 1.165) is 13.8 Å². The second-order valence-electron chi connectivity index (χ2n) is 13.2. The second kappa shape index (κ2) is 19.2. The maximum Gasteiger partial charge on any atom is 0.397 e. The molecule has 4 fully saturated rings. The zero-order valence-electron chi connectivity index (χ0n) is 29.0. The van der Waals surface area contributed by atoms with E-state index in [9.17, 15) is 78.7 Å². The van der Waals surface area contributed by atoms with Gasteiger partial charge in [0, 0.05) is 13.8 Å². The summed E-state index contributed by atoms with van der Waals surface area (Å²) >= 11 is 0. The fourth-order valence-electron chi connectivity index (χ4n) is 6.39. The van der Waals surface area contributed by atoms with E-state index < -0.39 is 171 Å². The maximum atomic E-state index is 12.2. The number of aliphatic hydroxyl groups excluding tert-OH is 11. The molecule has 4 rings (SSSR count). The second-order valence-corrected chi connectivity index (χ2v) is 14.3. The van der Waals surface area contributed by atoms with Crippen LogP contribution in [-0.4, -0.2) is 230 Å². The molecule has 0 saturated carbocycles. The van der Waals surface area contributed by atoms with Crippen LogP contribution >= 0.6 is 0 Å². The lowest BCUT2D eigenvalue weighted by molar-refractivity contribution is -0.355. The standard InChI is InChI=1S/C28H48N2O24S/c1-7(33)29-13-18(38)23(53-27-21(41)19(39)15(35)9(3-31)50-27)12(6-48-55(44,45)46)52-26(13)47-5-11-17(37)24(14(25(43)49-11)30-8(2)34)54-28-22(42)20(40)16(36)10(4-32)51-28/h9-28,31-32,35-43H,3-6H2,1-2H3,(H,29,33)(H,30,34)(H,44,45,46)/t9-,10-,11-,12-,13-,14-,15+,16+,17+,18-,19+,20+,21-,22-,23-,24-,25-,26?,27?,28?/m1/s1. The predicted molar refractivity (Wildman–Crippen MR) is 167 cm³/mol. The van der Waals surface area contributed by atoms with Gasteiger partial charge in [-0.2, -0.15) is 8.42 Å². The summed E-state index contributed by atoms with van der Waals surface area (Å²) in [4.78, 5) is 24.2. The molecular formula is C28H48N2O24S. The van der Waals surface area contributed by atoms with E-state index in [1.165, 1.54) is 0 Å². The molecule has 0 radical (unpaired) electrons. The third kappa shape index (κ3) is 11.0. The summed E-state index contributed by atoms with van der Waals surface area (Å²) in [6.07, 6.45) is -33.1. The smallest absolute Gasteiger partial charge is 0.394 e. The van der Waals surface area contributed by atoms with Crippen LogP contribution in [0.25, 0.3) is 0 Å². The van der Waals surface area contributed by atoms with Crippen LogP contribution in [0.5, 0.6) is 0 Å². The molecule has 4 aliphatic rings. The summed E-state index contributed by atoms with van der Waals surface area (Å²) in [5.74, 6) is -1.56. The average molecular weight is 829 g/mol. The molecule has 3 unspecified atom stereocenters. The minimum atomic E-state index is -5.19. The Hall–Kier alpha value is -1.91. The van der Waals surface area contributed by atoms with Gasteiger partial charge in [-0.15, -0.1) is 0 Å². The molecule has 20 atom stereocenters. The number of rotatable bonds is 14. The Morgan fingerprint density at radius 3 is 1.51 bits per heavy atom. The number of amides is 2. The molecule has 4 heterocycles. The minimum absolute atomic E-state index is 0.752. The van der Waals surface area contributed by atoms with Gasteiger partial charge in [-0.25, -0.2) is 4.18 Å². The summed E-state index contributed by atoms with van der Waals surface area (Å²) in [5, 5.41) is 119. The van der Waals surface area contributed by atoms with Gasteiger partial charge in [0.2, 0.25) is 11.8 Å². The highest BCUT2D eigenvalue weighted by molar-refractivity contribution is 7.80. The van der Waals surface area contributed by atoms with Crippen molar-refractivity contribution in [1.82, 2.24) is 10.6 Å². The van der Waals surface area contributed by atoms with Crippen LogP contribution in [0.1, 0.15) is 13.8 Å². The number of aliphatic hydroxyl groups is 11. The number of hydrogen-bond donors (Lipinski definition) is 14. The van der Waals surface area contributed by atoms with Crippen molar-refractivity contribution in [2.24, 2.45) is 0 Å². The summed E-state index contributed by atoms with van der Waals surface area (Å²) in [7, 11) is -5.19. The lowest BCUT2D eigenvalue weighted by Crippen LogP contribution is -2.69. The molecule has 0 aromatic heterocycles. The van der Waals surface area contributed by atoms with Crippen molar-refractivity contribution in [3.8, 4) is 0 Å². The number of carbonyl (C=O) groups excluding carboxylic acids is 2. The zero-order valence-corrected chi connectivity index (χ0v) is 29.9. The molecule has 0 aromatic carbocycles. The largest absolute Gasteiger partial charge is 0.397 e. The van der Waals surface area contributed by atoms with Crippen molar-refractivity contribution in [3.05, 3.63) is 0 Å². The van der Waals surface area contributed by atoms with Crippen molar-refractivity contribution in [2.75, 3.05) is 26.4 Å². The maximum absolute atomic E-state index is 12.2. The summed E-state index contributed by atoms with van der Waals surface area (Å²) in [6, 6.07) is -3.26. The van der Waals surface area contributed by atoms with E-state index in [2.05, 4.69) is 14.8 Å². The molecule has 2 amide bonds. The van der Waals surface area contributed by atoms with Crippen molar-refractivity contribution in [1.29, 1.82) is 0 Å². The van der Waals surface area contributed by atoms with Crippen LogP contribution in [0.15, 0.2) is 0 Å².